The maximum absolute atomic E-state index is 2.48. The molecule has 0 heteroatoms. The zero-order valence-electron chi connectivity index (χ0n) is 13.6. The Morgan fingerprint density at radius 3 is 1.72 bits per heavy atom. The molecular weight excluding hydrogens is 216 g/mol. The summed E-state index contributed by atoms with van der Waals surface area (Å²) in [7, 11) is 0. The topological polar surface area (TPSA) is 0 Å². The van der Waals surface area contributed by atoms with Crippen LogP contribution < -0.4 is 0 Å². The maximum Gasteiger partial charge on any atom is -0.0412 e. The van der Waals surface area contributed by atoms with Crippen molar-refractivity contribution in [2.45, 2.75) is 105 Å². The smallest absolute Gasteiger partial charge is 0.0412 e. The van der Waals surface area contributed by atoms with Gasteiger partial charge in [-0.1, -0.05) is 98.3 Å². The van der Waals surface area contributed by atoms with Crippen LogP contribution in [0.3, 0.4) is 0 Å². The molecular formula is C18H38. The van der Waals surface area contributed by atoms with Crippen molar-refractivity contribution in [2.75, 3.05) is 0 Å². The predicted octanol–water partition coefficient (Wildman–Crippen LogP) is 6.98. The Labute approximate surface area is 117 Å². The van der Waals surface area contributed by atoms with E-state index in [2.05, 4.69) is 27.7 Å². The van der Waals surface area contributed by atoms with E-state index in [1.54, 1.807) is 0 Å². The standard InChI is InChI=1S/C18H38/c1-5-8-9-10-11-12-15-17(4)16-18(13-6-2)14-7-3/h17-18H,5-16H2,1-4H3. The van der Waals surface area contributed by atoms with Crippen LogP contribution in [0.25, 0.3) is 0 Å². The molecule has 0 aliphatic carbocycles. The van der Waals surface area contributed by atoms with Crippen molar-refractivity contribution in [3.8, 4) is 0 Å². The molecule has 0 spiro atoms. The summed E-state index contributed by atoms with van der Waals surface area (Å²) in [6.45, 7) is 9.44. The van der Waals surface area contributed by atoms with Crippen LogP contribution in [-0.4, -0.2) is 0 Å². The normalized spacial score (nSPS) is 13.2. The Bertz CT molecular complexity index is 144. The monoisotopic (exact) mass is 254 g/mol. The van der Waals surface area contributed by atoms with Crippen LogP contribution in [0.2, 0.25) is 0 Å². The first kappa shape index (κ1) is 18.0. The van der Waals surface area contributed by atoms with E-state index >= 15 is 0 Å². The fraction of sp³-hybridized carbons (Fsp3) is 1.00. The molecule has 110 valence electrons. The molecule has 1 unspecified atom stereocenters. The van der Waals surface area contributed by atoms with Gasteiger partial charge in [-0.25, -0.2) is 0 Å². The summed E-state index contributed by atoms with van der Waals surface area (Å²) in [5, 5.41) is 0. The zero-order valence-corrected chi connectivity index (χ0v) is 13.6. The van der Waals surface area contributed by atoms with Gasteiger partial charge in [0.15, 0.2) is 0 Å². The molecule has 0 bridgehead atoms. The summed E-state index contributed by atoms with van der Waals surface area (Å²) in [6, 6.07) is 0. The van der Waals surface area contributed by atoms with Gasteiger partial charge in [-0.3, -0.25) is 0 Å². The van der Waals surface area contributed by atoms with Crippen molar-refractivity contribution in [1.29, 1.82) is 0 Å². The second-order valence-corrected chi connectivity index (χ2v) is 6.34. The van der Waals surface area contributed by atoms with Gasteiger partial charge in [0, 0.05) is 0 Å². The fourth-order valence-electron chi connectivity index (χ4n) is 3.16. The van der Waals surface area contributed by atoms with Crippen molar-refractivity contribution in [3.63, 3.8) is 0 Å². The molecule has 0 N–H and O–H groups in total. The lowest BCUT2D eigenvalue weighted by atomic mass is 9.86. The third-order valence-electron chi connectivity index (χ3n) is 4.18. The average Bonchev–Trinajstić information content (AvgIpc) is 2.34. The lowest BCUT2D eigenvalue weighted by Crippen LogP contribution is -2.06. The molecule has 0 aromatic rings. The van der Waals surface area contributed by atoms with Crippen LogP contribution in [0.5, 0.6) is 0 Å². The molecule has 0 heterocycles. The van der Waals surface area contributed by atoms with Gasteiger partial charge >= 0.3 is 0 Å². The second kappa shape index (κ2) is 13.4. The van der Waals surface area contributed by atoms with E-state index in [1.165, 1.54) is 77.0 Å². The molecule has 1 atom stereocenters. The molecule has 0 rings (SSSR count). The molecule has 0 amide bonds. The van der Waals surface area contributed by atoms with E-state index in [9.17, 15) is 0 Å². The van der Waals surface area contributed by atoms with E-state index in [1.807, 2.05) is 0 Å². The second-order valence-electron chi connectivity index (χ2n) is 6.34. The van der Waals surface area contributed by atoms with Crippen LogP contribution >= 0.6 is 0 Å². The highest BCUT2D eigenvalue weighted by Crippen LogP contribution is 2.25. The molecule has 0 fully saturated rings. The average molecular weight is 255 g/mol. The summed E-state index contributed by atoms with van der Waals surface area (Å²) < 4.78 is 0. The molecule has 0 saturated carbocycles. The molecule has 0 aliphatic heterocycles. The molecule has 0 aliphatic rings. The molecule has 18 heavy (non-hydrogen) atoms. The van der Waals surface area contributed by atoms with Crippen LogP contribution in [0, 0.1) is 11.8 Å². The van der Waals surface area contributed by atoms with Crippen LogP contribution in [-0.2, 0) is 0 Å². The van der Waals surface area contributed by atoms with Crippen molar-refractivity contribution < 1.29 is 0 Å². The van der Waals surface area contributed by atoms with Gasteiger partial charge < -0.3 is 0 Å². The van der Waals surface area contributed by atoms with Crippen molar-refractivity contribution >= 4 is 0 Å². The first-order valence-corrected chi connectivity index (χ1v) is 8.74. The number of hydrogen-bond acceptors (Lipinski definition) is 0. The van der Waals surface area contributed by atoms with Crippen LogP contribution in [0.4, 0.5) is 0 Å². The van der Waals surface area contributed by atoms with Gasteiger partial charge in [-0.2, -0.15) is 0 Å². The van der Waals surface area contributed by atoms with Gasteiger partial charge in [-0.05, 0) is 18.3 Å². The van der Waals surface area contributed by atoms with Gasteiger partial charge in [0.05, 0.1) is 0 Å². The summed E-state index contributed by atoms with van der Waals surface area (Å²) in [5.74, 6) is 1.97. The fourth-order valence-corrected chi connectivity index (χ4v) is 3.16. The first-order chi connectivity index (χ1) is 8.74. The highest BCUT2D eigenvalue weighted by molar-refractivity contribution is 4.64. The van der Waals surface area contributed by atoms with E-state index in [-0.39, 0.29) is 0 Å². The lowest BCUT2D eigenvalue weighted by molar-refractivity contribution is 0.326. The Balaban J connectivity index is 3.51. The first-order valence-electron chi connectivity index (χ1n) is 8.74. The number of hydrogen-bond donors (Lipinski definition) is 0. The van der Waals surface area contributed by atoms with E-state index in [0.29, 0.717) is 0 Å². The molecule has 0 radical (unpaired) electrons. The molecule has 0 aromatic heterocycles. The Morgan fingerprint density at radius 2 is 1.17 bits per heavy atom. The molecule has 0 saturated heterocycles. The molecule has 0 nitrogen and oxygen atoms in total. The van der Waals surface area contributed by atoms with Gasteiger partial charge in [0.2, 0.25) is 0 Å². The van der Waals surface area contributed by atoms with E-state index < -0.39 is 0 Å². The third kappa shape index (κ3) is 11.1. The Morgan fingerprint density at radius 1 is 0.611 bits per heavy atom. The van der Waals surface area contributed by atoms with E-state index in [0.717, 1.165) is 11.8 Å². The summed E-state index contributed by atoms with van der Waals surface area (Å²) in [4.78, 5) is 0. The minimum Gasteiger partial charge on any atom is -0.0654 e. The summed E-state index contributed by atoms with van der Waals surface area (Å²) >= 11 is 0. The zero-order chi connectivity index (χ0) is 13.6. The van der Waals surface area contributed by atoms with E-state index in [4.69, 9.17) is 0 Å². The largest absolute Gasteiger partial charge is 0.0654 e. The summed E-state index contributed by atoms with van der Waals surface area (Å²) in [6.07, 6.45) is 17.3. The van der Waals surface area contributed by atoms with Gasteiger partial charge in [0.1, 0.15) is 0 Å². The minimum atomic E-state index is 0.958. The SMILES string of the molecule is CCCCCCCCC(C)CC(CCC)CCC. The quantitative estimate of drug-likeness (QED) is 0.311. The molecule has 0 aromatic carbocycles. The van der Waals surface area contributed by atoms with Crippen molar-refractivity contribution in [3.05, 3.63) is 0 Å². The predicted molar refractivity (Wildman–Crippen MR) is 85.1 cm³/mol. The minimum absolute atomic E-state index is 0.958. The maximum atomic E-state index is 2.48. The highest BCUT2D eigenvalue weighted by Gasteiger charge is 2.11. The summed E-state index contributed by atoms with van der Waals surface area (Å²) in [5.41, 5.74) is 0. The lowest BCUT2D eigenvalue weighted by Gasteiger charge is -2.20. The Kier molecular flexibility index (Phi) is 13.4. The van der Waals surface area contributed by atoms with Crippen LogP contribution in [0.1, 0.15) is 105 Å². The van der Waals surface area contributed by atoms with Crippen molar-refractivity contribution in [2.24, 2.45) is 11.8 Å². The third-order valence-corrected chi connectivity index (χ3v) is 4.18. The highest BCUT2D eigenvalue weighted by atomic mass is 14.2. The van der Waals surface area contributed by atoms with Gasteiger partial charge in [0.25, 0.3) is 0 Å². The van der Waals surface area contributed by atoms with Crippen LogP contribution in [0.15, 0.2) is 0 Å². The number of rotatable bonds is 13. The van der Waals surface area contributed by atoms with Gasteiger partial charge in [-0.15, -0.1) is 0 Å². The Hall–Kier alpha value is 0. The van der Waals surface area contributed by atoms with Crippen molar-refractivity contribution in [1.82, 2.24) is 0 Å². The number of unbranched alkanes of at least 4 members (excludes halogenated alkanes) is 5.